The van der Waals surface area contributed by atoms with Crippen LogP contribution in [0.5, 0.6) is 11.5 Å². The second kappa shape index (κ2) is 7.43. The number of hydrogen-bond donors (Lipinski definition) is 0. The summed E-state index contributed by atoms with van der Waals surface area (Å²) in [6.45, 7) is 0.408. The highest BCUT2D eigenvalue weighted by atomic mass is 32.1. The molecule has 0 radical (unpaired) electrons. The Morgan fingerprint density at radius 2 is 2.04 bits per heavy atom. The number of hydrogen-bond acceptors (Lipinski definition) is 6. The Kier molecular flexibility index (Phi) is 4.82. The lowest BCUT2D eigenvalue weighted by molar-refractivity contribution is -0.140. The van der Waals surface area contributed by atoms with Crippen LogP contribution >= 0.6 is 11.3 Å². The largest absolute Gasteiger partial charge is 0.469 e. The second-order valence-electron chi connectivity index (χ2n) is 5.96. The third kappa shape index (κ3) is 3.48. The van der Waals surface area contributed by atoms with E-state index in [9.17, 15) is 14.0 Å². The van der Waals surface area contributed by atoms with Gasteiger partial charge < -0.3 is 18.8 Å². The molecule has 2 heterocycles. The van der Waals surface area contributed by atoms with Crippen LogP contribution in [-0.2, 0) is 16.1 Å². The van der Waals surface area contributed by atoms with E-state index in [2.05, 4.69) is 4.99 Å². The van der Waals surface area contributed by atoms with Crippen molar-refractivity contribution in [2.24, 2.45) is 4.99 Å². The fourth-order valence-corrected chi connectivity index (χ4v) is 3.90. The third-order valence-electron chi connectivity index (χ3n) is 4.21. The van der Waals surface area contributed by atoms with Crippen LogP contribution in [0.3, 0.4) is 0 Å². The van der Waals surface area contributed by atoms with Gasteiger partial charge in [-0.25, -0.2) is 4.39 Å². The highest BCUT2D eigenvalue weighted by molar-refractivity contribution is 7.16. The minimum Gasteiger partial charge on any atom is -0.469 e. The number of carbonyl (C=O) groups is 2. The van der Waals surface area contributed by atoms with Crippen LogP contribution in [0.4, 0.5) is 4.39 Å². The molecular weight excluding hydrogens is 387 g/mol. The van der Waals surface area contributed by atoms with Gasteiger partial charge in [-0.2, -0.15) is 4.99 Å². The first kappa shape index (κ1) is 18.2. The number of rotatable bonds is 4. The summed E-state index contributed by atoms with van der Waals surface area (Å²) < 4.78 is 31.5. The highest BCUT2D eigenvalue weighted by Crippen LogP contribution is 2.37. The van der Waals surface area contributed by atoms with Gasteiger partial charge >= 0.3 is 5.97 Å². The molecule has 1 aliphatic rings. The van der Waals surface area contributed by atoms with Gasteiger partial charge in [0.1, 0.15) is 5.82 Å². The Labute approximate surface area is 162 Å². The maximum Gasteiger partial charge on any atom is 0.307 e. The molecule has 0 saturated heterocycles. The minimum absolute atomic E-state index is 0.109. The standard InChI is InChI=1S/C19H15FN2O5S/c1-25-17(23)5-6-22-13-8-14-15(27-10-26-14)9-16(13)28-19(22)21-18(24)11-3-2-4-12(20)7-11/h2-4,7-9H,5-6,10H2,1H3. The number of benzene rings is 2. The number of thiazole rings is 1. The van der Waals surface area contributed by atoms with Crippen LogP contribution in [0.25, 0.3) is 10.2 Å². The molecule has 1 aromatic heterocycles. The van der Waals surface area contributed by atoms with E-state index in [0.717, 1.165) is 16.3 Å². The number of methoxy groups -OCH3 is 1. The van der Waals surface area contributed by atoms with Crippen molar-refractivity contribution in [3.05, 3.63) is 52.6 Å². The number of nitrogens with zero attached hydrogens (tertiary/aromatic N) is 2. The number of esters is 1. The zero-order valence-corrected chi connectivity index (χ0v) is 15.6. The summed E-state index contributed by atoms with van der Waals surface area (Å²) >= 11 is 1.27. The Bertz CT molecular complexity index is 1150. The molecule has 0 saturated carbocycles. The molecule has 28 heavy (non-hydrogen) atoms. The van der Waals surface area contributed by atoms with Crippen LogP contribution in [0.2, 0.25) is 0 Å². The molecule has 0 unspecified atom stereocenters. The molecule has 0 aliphatic carbocycles. The fourth-order valence-electron chi connectivity index (χ4n) is 2.84. The number of halogens is 1. The van der Waals surface area contributed by atoms with Crippen molar-refractivity contribution in [1.29, 1.82) is 0 Å². The summed E-state index contributed by atoms with van der Waals surface area (Å²) in [4.78, 5) is 28.7. The van der Waals surface area contributed by atoms with Gasteiger partial charge in [-0.1, -0.05) is 17.4 Å². The van der Waals surface area contributed by atoms with Gasteiger partial charge in [-0.05, 0) is 18.2 Å². The summed E-state index contributed by atoms with van der Waals surface area (Å²) in [6, 6.07) is 8.94. The van der Waals surface area contributed by atoms with E-state index in [4.69, 9.17) is 14.2 Å². The highest BCUT2D eigenvalue weighted by Gasteiger charge is 2.18. The number of amides is 1. The van der Waals surface area contributed by atoms with Crippen molar-refractivity contribution in [2.45, 2.75) is 13.0 Å². The average Bonchev–Trinajstić information content (AvgIpc) is 3.27. The van der Waals surface area contributed by atoms with E-state index >= 15 is 0 Å². The lowest BCUT2D eigenvalue weighted by Crippen LogP contribution is -2.19. The molecule has 144 valence electrons. The third-order valence-corrected chi connectivity index (χ3v) is 5.25. The Balaban J connectivity index is 1.81. The zero-order valence-electron chi connectivity index (χ0n) is 14.8. The lowest BCUT2D eigenvalue weighted by atomic mass is 10.2. The van der Waals surface area contributed by atoms with Crippen molar-refractivity contribution in [3.63, 3.8) is 0 Å². The molecule has 2 aromatic carbocycles. The molecule has 4 rings (SSSR count). The first-order valence-corrected chi connectivity index (χ1v) is 9.21. The predicted octanol–water partition coefficient (Wildman–Crippen LogP) is 2.87. The topological polar surface area (TPSA) is 79.1 Å². The van der Waals surface area contributed by atoms with Crippen molar-refractivity contribution < 1.29 is 28.2 Å². The number of carbonyl (C=O) groups excluding carboxylic acids is 2. The van der Waals surface area contributed by atoms with Gasteiger partial charge in [-0.3, -0.25) is 9.59 Å². The van der Waals surface area contributed by atoms with E-state index in [-0.39, 0.29) is 31.3 Å². The molecule has 0 fully saturated rings. The quantitative estimate of drug-likeness (QED) is 0.627. The zero-order chi connectivity index (χ0) is 19.7. The van der Waals surface area contributed by atoms with Gasteiger partial charge in [-0.15, -0.1) is 0 Å². The van der Waals surface area contributed by atoms with Gasteiger partial charge in [0.2, 0.25) is 6.79 Å². The van der Waals surface area contributed by atoms with Crippen LogP contribution in [-0.4, -0.2) is 30.3 Å². The van der Waals surface area contributed by atoms with E-state index < -0.39 is 11.7 Å². The molecule has 1 aliphatic heterocycles. The molecular formula is C19H15FN2O5S. The summed E-state index contributed by atoms with van der Waals surface area (Å²) in [5.74, 6) is -0.272. The molecule has 9 heteroatoms. The molecule has 7 nitrogen and oxygen atoms in total. The van der Waals surface area contributed by atoms with Crippen LogP contribution in [0.15, 0.2) is 41.4 Å². The molecule has 0 atom stereocenters. The first-order valence-electron chi connectivity index (χ1n) is 8.39. The van der Waals surface area contributed by atoms with Crippen LogP contribution in [0, 0.1) is 5.82 Å². The van der Waals surface area contributed by atoms with Crippen molar-refractivity contribution >= 4 is 33.4 Å². The van der Waals surface area contributed by atoms with Crippen molar-refractivity contribution in [1.82, 2.24) is 4.57 Å². The molecule has 3 aromatic rings. The molecule has 0 N–H and O–H groups in total. The fraction of sp³-hybridized carbons (Fsp3) is 0.211. The van der Waals surface area contributed by atoms with Crippen molar-refractivity contribution in [3.8, 4) is 11.5 Å². The summed E-state index contributed by atoms with van der Waals surface area (Å²) in [5.41, 5.74) is 0.898. The predicted molar refractivity (Wildman–Crippen MR) is 98.9 cm³/mol. The normalized spacial score (nSPS) is 13.1. The van der Waals surface area contributed by atoms with E-state index in [1.54, 1.807) is 10.6 Å². The van der Waals surface area contributed by atoms with Gasteiger partial charge in [0, 0.05) is 24.2 Å². The monoisotopic (exact) mass is 402 g/mol. The second-order valence-corrected chi connectivity index (χ2v) is 6.97. The summed E-state index contributed by atoms with van der Waals surface area (Å²) in [7, 11) is 1.32. The first-order chi connectivity index (χ1) is 13.5. The molecule has 1 amide bonds. The number of aromatic nitrogens is 1. The van der Waals surface area contributed by atoms with E-state index in [1.807, 2.05) is 6.07 Å². The maximum absolute atomic E-state index is 13.4. The lowest BCUT2D eigenvalue weighted by Gasteiger charge is -2.05. The van der Waals surface area contributed by atoms with Gasteiger partial charge in [0.25, 0.3) is 5.91 Å². The molecule has 0 spiro atoms. The Hall–Kier alpha value is -3.20. The Morgan fingerprint density at radius 3 is 2.79 bits per heavy atom. The van der Waals surface area contributed by atoms with E-state index in [0.29, 0.717) is 16.3 Å². The van der Waals surface area contributed by atoms with Gasteiger partial charge in [0.05, 0.1) is 23.7 Å². The Morgan fingerprint density at radius 1 is 1.25 bits per heavy atom. The van der Waals surface area contributed by atoms with Crippen LogP contribution in [0.1, 0.15) is 16.8 Å². The number of aryl methyl sites for hydroxylation is 1. The summed E-state index contributed by atoms with van der Waals surface area (Å²) in [5, 5.41) is 0. The average molecular weight is 402 g/mol. The smallest absolute Gasteiger partial charge is 0.307 e. The van der Waals surface area contributed by atoms with Crippen LogP contribution < -0.4 is 14.3 Å². The number of fused-ring (bicyclic) bond motifs is 2. The maximum atomic E-state index is 13.4. The van der Waals surface area contributed by atoms with Gasteiger partial charge in [0.15, 0.2) is 16.3 Å². The van der Waals surface area contributed by atoms with Crippen molar-refractivity contribution in [2.75, 3.05) is 13.9 Å². The minimum atomic E-state index is -0.571. The van der Waals surface area contributed by atoms with E-state index in [1.165, 1.54) is 36.6 Å². The summed E-state index contributed by atoms with van der Waals surface area (Å²) in [6.07, 6.45) is 0.109. The SMILES string of the molecule is COC(=O)CCn1c(=NC(=O)c2cccc(F)c2)sc2cc3c(cc21)OCO3. The molecule has 0 bridgehead atoms. The number of ether oxygens (including phenoxy) is 3.